The van der Waals surface area contributed by atoms with Crippen LogP contribution in [0.3, 0.4) is 0 Å². The average Bonchev–Trinajstić information content (AvgIpc) is 3.38. The molecule has 0 radical (unpaired) electrons. The highest BCUT2D eigenvalue weighted by Crippen LogP contribution is 2.47. The van der Waals surface area contributed by atoms with E-state index in [0.29, 0.717) is 55.7 Å². The SMILES string of the molecule is Cn1cnc(CO[C@H]2/C=C/C[C@H]3CC[C@@H]3S(=O)(=O)NC(=O)c3ccc4c(c3)N(C[C@@H]3CC[C@H]32)C[C@@]2(CCCc3cc(Cl)ccc32)CO4)n1. The van der Waals surface area contributed by atoms with Crippen molar-refractivity contribution >= 4 is 33.2 Å². The molecule has 254 valence electrons. The number of nitrogens with one attached hydrogen (secondary N) is 1. The molecule has 0 unspecified atom stereocenters. The number of rotatable bonds is 3. The number of benzene rings is 2. The summed E-state index contributed by atoms with van der Waals surface area (Å²) in [5.41, 5.74) is 3.41. The molecule has 10 nitrogen and oxygen atoms in total. The normalized spacial score (nSPS) is 31.5. The molecule has 2 bridgehead atoms. The number of allylic oxidation sites excluding steroid dienone is 1. The zero-order chi connectivity index (χ0) is 33.0. The van der Waals surface area contributed by atoms with E-state index in [9.17, 15) is 13.2 Å². The predicted molar refractivity (Wildman–Crippen MR) is 183 cm³/mol. The van der Waals surface area contributed by atoms with Crippen molar-refractivity contribution in [1.29, 1.82) is 0 Å². The van der Waals surface area contributed by atoms with Gasteiger partial charge >= 0.3 is 0 Å². The number of aromatic nitrogens is 3. The van der Waals surface area contributed by atoms with E-state index in [1.54, 1.807) is 17.1 Å². The van der Waals surface area contributed by atoms with E-state index in [-0.39, 0.29) is 23.4 Å². The first kappa shape index (κ1) is 31.8. The second kappa shape index (κ2) is 12.5. The molecule has 2 fully saturated rings. The van der Waals surface area contributed by atoms with E-state index in [4.69, 9.17) is 21.1 Å². The van der Waals surface area contributed by atoms with Crippen LogP contribution in [-0.2, 0) is 40.3 Å². The molecule has 1 N–H and O–H groups in total. The van der Waals surface area contributed by atoms with Gasteiger partial charge in [0, 0.05) is 36.1 Å². The van der Waals surface area contributed by atoms with Crippen molar-refractivity contribution in [3.63, 3.8) is 0 Å². The van der Waals surface area contributed by atoms with E-state index >= 15 is 0 Å². The van der Waals surface area contributed by atoms with Gasteiger partial charge in [-0.2, -0.15) is 5.10 Å². The quantitative estimate of drug-likeness (QED) is 0.366. The maximum Gasteiger partial charge on any atom is 0.264 e. The number of halogens is 1. The molecule has 48 heavy (non-hydrogen) atoms. The second-order valence-electron chi connectivity index (χ2n) is 14.4. The van der Waals surface area contributed by atoms with Crippen molar-refractivity contribution in [3.8, 4) is 5.75 Å². The van der Waals surface area contributed by atoms with Crippen LogP contribution < -0.4 is 14.4 Å². The van der Waals surface area contributed by atoms with Gasteiger partial charge in [-0.3, -0.25) is 9.48 Å². The largest absolute Gasteiger partial charge is 0.490 e. The Labute approximate surface area is 286 Å². The van der Waals surface area contributed by atoms with Crippen molar-refractivity contribution < 1.29 is 22.7 Å². The summed E-state index contributed by atoms with van der Waals surface area (Å²) >= 11 is 6.45. The van der Waals surface area contributed by atoms with Crippen LogP contribution >= 0.6 is 11.6 Å². The lowest BCUT2D eigenvalue weighted by Gasteiger charge is -2.46. The fourth-order valence-electron chi connectivity index (χ4n) is 8.60. The summed E-state index contributed by atoms with van der Waals surface area (Å²) in [7, 11) is -2.01. The number of fused-ring (bicyclic) bond motifs is 5. The third-order valence-corrected chi connectivity index (χ3v) is 13.6. The minimum absolute atomic E-state index is 0.0462. The lowest BCUT2D eigenvalue weighted by atomic mass is 9.68. The first-order valence-corrected chi connectivity index (χ1v) is 19.1. The highest BCUT2D eigenvalue weighted by atomic mass is 35.5. The summed E-state index contributed by atoms with van der Waals surface area (Å²) in [4.78, 5) is 20.3. The number of hydrogen-bond acceptors (Lipinski definition) is 8. The Morgan fingerprint density at radius 2 is 2.00 bits per heavy atom. The molecule has 2 saturated carbocycles. The number of nitrogens with zero attached hydrogens (tertiary/aromatic N) is 4. The third kappa shape index (κ3) is 5.92. The van der Waals surface area contributed by atoms with Crippen LogP contribution in [0, 0.1) is 17.8 Å². The number of hydrogen-bond donors (Lipinski definition) is 1. The average molecular weight is 692 g/mol. The highest BCUT2D eigenvalue weighted by molar-refractivity contribution is 7.90. The topological polar surface area (TPSA) is 116 Å². The van der Waals surface area contributed by atoms with Crippen molar-refractivity contribution in [3.05, 3.63) is 82.4 Å². The van der Waals surface area contributed by atoms with E-state index in [2.05, 4.69) is 44.0 Å². The van der Waals surface area contributed by atoms with Crippen molar-refractivity contribution in [2.75, 3.05) is 24.6 Å². The number of ether oxygens (including phenoxy) is 2. The van der Waals surface area contributed by atoms with Crippen LogP contribution in [0.4, 0.5) is 5.69 Å². The molecule has 2 aliphatic heterocycles. The van der Waals surface area contributed by atoms with Crippen LogP contribution in [0.15, 0.2) is 54.9 Å². The van der Waals surface area contributed by atoms with E-state index in [1.807, 2.05) is 25.2 Å². The molecule has 8 rings (SSSR count). The van der Waals surface area contributed by atoms with Crippen molar-refractivity contribution in [2.24, 2.45) is 24.8 Å². The lowest BCUT2D eigenvalue weighted by molar-refractivity contribution is -0.0249. The smallest absolute Gasteiger partial charge is 0.264 e. The standard InChI is InChI=1S/C36H42ClN5O5S/c1-41-22-38-34(39-41)19-46-31-6-2-4-23-9-14-33(23)48(44,45)40-35(43)25-8-13-32-30(17-25)42(18-26-7-11-28(26)31)20-36(21-47-32)15-3-5-24-16-27(37)10-12-29(24)36/h2,6,8,10,12-13,16-17,22-23,26,28,31,33H,3-5,7,9,11,14-15,18-21H2,1H3,(H,40,43)/b6-2+/t23-,26-,28+,31-,33-,36-/m0/s1. The van der Waals surface area contributed by atoms with Crippen LogP contribution in [-0.4, -0.2) is 60.1 Å². The Kier molecular flexibility index (Phi) is 8.28. The Hall–Kier alpha value is -3.41. The van der Waals surface area contributed by atoms with E-state index in [1.165, 1.54) is 11.1 Å². The Bertz CT molecular complexity index is 1860. The maximum atomic E-state index is 13.5. The molecule has 1 spiro atoms. The monoisotopic (exact) mass is 691 g/mol. The van der Waals surface area contributed by atoms with Crippen LogP contribution in [0.1, 0.15) is 72.3 Å². The molecule has 5 aliphatic rings. The zero-order valence-electron chi connectivity index (χ0n) is 27.2. The van der Waals surface area contributed by atoms with Gasteiger partial charge in [0.05, 0.1) is 23.6 Å². The number of carbonyl (C=O) groups is 1. The number of sulfonamides is 1. The second-order valence-corrected chi connectivity index (χ2v) is 16.8. The molecular weight excluding hydrogens is 650 g/mol. The summed E-state index contributed by atoms with van der Waals surface area (Å²) < 4.78 is 44.1. The number of carbonyl (C=O) groups excluding carboxylic acids is 1. The fraction of sp³-hybridized carbons (Fsp3) is 0.528. The number of aryl methyl sites for hydroxylation is 2. The van der Waals surface area contributed by atoms with E-state index < -0.39 is 21.2 Å². The maximum absolute atomic E-state index is 13.5. The Morgan fingerprint density at radius 1 is 1.12 bits per heavy atom. The van der Waals surface area contributed by atoms with Gasteiger partial charge in [0.15, 0.2) is 5.82 Å². The molecule has 3 aromatic rings. The van der Waals surface area contributed by atoms with Crippen molar-refractivity contribution in [2.45, 2.75) is 74.7 Å². The summed E-state index contributed by atoms with van der Waals surface area (Å²) in [6.45, 7) is 2.28. The van der Waals surface area contributed by atoms with Crippen molar-refractivity contribution in [1.82, 2.24) is 19.5 Å². The van der Waals surface area contributed by atoms with Gasteiger partial charge in [0.2, 0.25) is 10.0 Å². The lowest BCUT2D eigenvalue weighted by Crippen LogP contribution is -2.50. The summed E-state index contributed by atoms with van der Waals surface area (Å²) in [5.74, 6) is 1.31. The summed E-state index contributed by atoms with van der Waals surface area (Å²) in [5, 5.41) is 4.56. The van der Waals surface area contributed by atoms with Gasteiger partial charge in [-0.25, -0.2) is 18.1 Å². The molecule has 2 aromatic carbocycles. The molecule has 6 atom stereocenters. The molecule has 1 amide bonds. The highest BCUT2D eigenvalue weighted by Gasteiger charge is 2.45. The Morgan fingerprint density at radius 3 is 2.77 bits per heavy atom. The molecule has 12 heteroatoms. The third-order valence-electron chi connectivity index (χ3n) is 11.5. The van der Waals surface area contributed by atoms with Gasteiger partial charge in [-0.15, -0.1) is 0 Å². The van der Waals surface area contributed by atoms with E-state index in [0.717, 1.165) is 55.8 Å². The van der Waals surface area contributed by atoms with Crippen LogP contribution in [0.2, 0.25) is 5.02 Å². The van der Waals surface area contributed by atoms with Crippen LogP contribution in [0.5, 0.6) is 5.75 Å². The summed E-state index contributed by atoms with van der Waals surface area (Å²) in [6, 6.07) is 11.6. The first-order chi connectivity index (χ1) is 23.2. The van der Waals surface area contributed by atoms with Gasteiger partial charge in [0.25, 0.3) is 5.91 Å². The molecule has 3 aliphatic carbocycles. The number of anilines is 1. The van der Waals surface area contributed by atoms with Gasteiger partial charge in [-0.05, 0) is 111 Å². The predicted octanol–water partition coefficient (Wildman–Crippen LogP) is 5.35. The Balaban J connectivity index is 1.17. The zero-order valence-corrected chi connectivity index (χ0v) is 28.8. The van der Waals surface area contributed by atoms with Gasteiger partial charge in [-0.1, -0.05) is 29.8 Å². The first-order valence-electron chi connectivity index (χ1n) is 17.2. The molecular formula is C36H42ClN5O5S. The van der Waals surface area contributed by atoms with Gasteiger partial charge in [0.1, 0.15) is 18.7 Å². The molecule has 1 aromatic heterocycles. The van der Waals surface area contributed by atoms with Gasteiger partial charge < -0.3 is 14.4 Å². The van der Waals surface area contributed by atoms with Crippen LogP contribution in [0.25, 0.3) is 0 Å². The summed E-state index contributed by atoms with van der Waals surface area (Å²) in [6.07, 6.45) is 12.8. The number of amides is 1. The minimum atomic E-state index is -3.86. The molecule has 3 heterocycles. The fourth-order valence-corrected chi connectivity index (χ4v) is 10.5. The molecule has 0 saturated heterocycles. The minimum Gasteiger partial charge on any atom is -0.490 e.